The molecule has 2 saturated heterocycles. The van der Waals surface area contributed by atoms with Gasteiger partial charge in [0.2, 0.25) is 5.91 Å². The quantitative estimate of drug-likeness (QED) is 0.896. The minimum Gasteiger partial charge on any atom is -0.377 e. The Morgan fingerprint density at radius 3 is 2.96 bits per heavy atom. The summed E-state index contributed by atoms with van der Waals surface area (Å²) in [6.45, 7) is 4.23. The van der Waals surface area contributed by atoms with Crippen molar-refractivity contribution in [1.82, 2.24) is 15.2 Å². The van der Waals surface area contributed by atoms with Crippen molar-refractivity contribution in [2.45, 2.75) is 38.3 Å². The number of fused-ring (bicyclic) bond motifs is 1. The predicted molar refractivity (Wildman–Crippen MR) is 86.7 cm³/mol. The molecule has 3 fully saturated rings. The van der Waals surface area contributed by atoms with E-state index < -0.39 is 0 Å². The van der Waals surface area contributed by atoms with Crippen LogP contribution in [0.15, 0.2) is 24.5 Å². The number of nitrogens with zero attached hydrogens (tertiary/aromatic N) is 2. The smallest absolute Gasteiger partial charge is 0.230 e. The van der Waals surface area contributed by atoms with E-state index in [-0.39, 0.29) is 17.4 Å². The molecule has 1 aromatic heterocycles. The van der Waals surface area contributed by atoms with E-state index in [1.165, 1.54) is 18.4 Å². The van der Waals surface area contributed by atoms with E-state index in [9.17, 15) is 4.79 Å². The first kappa shape index (κ1) is 15.1. The van der Waals surface area contributed by atoms with Gasteiger partial charge < -0.3 is 10.1 Å². The number of carbonyl (C=O) groups is 1. The highest BCUT2D eigenvalue weighted by molar-refractivity contribution is 5.84. The molecule has 1 saturated carbocycles. The number of aromatic nitrogens is 1. The molecule has 23 heavy (non-hydrogen) atoms. The summed E-state index contributed by atoms with van der Waals surface area (Å²) >= 11 is 0. The molecule has 1 aliphatic carbocycles. The Hall–Kier alpha value is -1.46. The maximum absolute atomic E-state index is 12.9. The van der Waals surface area contributed by atoms with Gasteiger partial charge in [0.25, 0.3) is 0 Å². The van der Waals surface area contributed by atoms with Crippen LogP contribution in [0.5, 0.6) is 0 Å². The first-order chi connectivity index (χ1) is 11.3. The fourth-order valence-corrected chi connectivity index (χ4v) is 3.97. The summed E-state index contributed by atoms with van der Waals surface area (Å²) < 4.78 is 5.90. The summed E-state index contributed by atoms with van der Waals surface area (Å²) in [5.74, 6) is 0.930. The summed E-state index contributed by atoms with van der Waals surface area (Å²) in [7, 11) is 0. The number of piperidine rings is 1. The molecule has 1 amide bonds. The van der Waals surface area contributed by atoms with Gasteiger partial charge in [-0.15, -0.1) is 0 Å². The normalized spacial score (nSPS) is 30.9. The molecular formula is C18H25N3O2. The number of pyridine rings is 1. The summed E-state index contributed by atoms with van der Waals surface area (Å²) in [4.78, 5) is 19.4. The SMILES string of the molecule is O=C(NCC1CC1)[C@]12CCO[C@H]1CCN(Cc1ccncc1)C2. The number of carbonyl (C=O) groups excluding carboxylic acids is 1. The van der Waals surface area contributed by atoms with Gasteiger partial charge in [-0.25, -0.2) is 0 Å². The Morgan fingerprint density at radius 2 is 2.17 bits per heavy atom. The van der Waals surface area contributed by atoms with Crippen molar-refractivity contribution in [2.75, 3.05) is 26.2 Å². The number of amides is 1. The molecule has 1 N–H and O–H groups in total. The second kappa shape index (κ2) is 6.21. The van der Waals surface area contributed by atoms with Crippen molar-refractivity contribution in [1.29, 1.82) is 0 Å². The topological polar surface area (TPSA) is 54.5 Å². The van der Waals surface area contributed by atoms with Gasteiger partial charge in [0.05, 0.1) is 11.5 Å². The molecule has 3 heterocycles. The van der Waals surface area contributed by atoms with E-state index in [2.05, 4.69) is 27.3 Å². The van der Waals surface area contributed by atoms with Crippen LogP contribution < -0.4 is 5.32 Å². The highest BCUT2D eigenvalue weighted by Crippen LogP contribution is 2.41. The largest absolute Gasteiger partial charge is 0.377 e. The Morgan fingerprint density at radius 1 is 1.35 bits per heavy atom. The second-order valence-electron chi connectivity index (χ2n) is 7.27. The zero-order chi connectivity index (χ0) is 15.7. The lowest BCUT2D eigenvalue weighted by atomic mass is 9.75. The zero-order valence-corrected chi connectivity index (χ0v) is 13.5. The van der Waals surface area contributed by atoms with Crippen molar-refractivity contribution >= 4 is 5.91 Å². The zero-order valence-electron chi connectivity index (χ0n) is 13.5. The molecule has 5 heteroatoms. The number of hydrogen-bond donors (Lipinski definition) is 1. The van der Waals surface area contributed by atoms with Crippen LogP contribution >= 0.6 is 0 Å². The highest BCUT2D eigenvalue weighted by Gasteiger charge is 2.53. The lowest BCUT2D eigenvalue weighted by molar-refractivity contribution is -0.139. The van der Waals surface area contributed by atoms with Crippen LogP contribution in [0.25, 0.3) is 0 Å². The van der Waals surface area contributed by atoms with Gasteiger partial charge in [0, 0.05) is 45.2 Å². The van der Waals surface area contributed by atoms with Crippen LogP contribution in [-0.4, -0.2) is 48.1 Å². The average Bonchev–Trinajstić information content (AvgIpc) is 3.31. The van der Waals surface area contributed by atoms with Crippen molar-refractivity contribution in [3.63, 3.8) is 0 Å². The molecule has 0 radical (unpaired) electrons. The van der Waals surface area contributed by atoms with Gasteiger partial charge in [-0.3, -0.25) is 14.7 Å². The summed E-state index contributed by atoms with van der Waals surface area (Å²) in [5, 5.41) is 3.21. The second-order valence-corrected chi connectivity index (χ2v) is 7.27. The fourth-order valence-electron chi connectivity index (χ4n) is 3.97. The first-order valence-corrected chi connectivity index (χ1v) is 8.77. The van der Waals surface area contributed by atoms with E-state index in [1.54, 1.807) is 0 Å². The molecule has 1 aromatic rings. The third kappa shape index (κ3) is 3.12. The molecule has 0 spiro atoms. The standard InChI is InChI=1S/C18H25N3O2/c22-17(20-11-14-1-2-14)18-6-10-23-16(18)5-9-21(13-18)12-15-3-7-19-8-4-15/h3-4,7-8,14,16H,1-2,5-6,9-13H2,(H,20,22)/t16-,18-/m0/s1. The number of rotatable bonds is 5. The number of likely N-dealkylation sites (tertiary alicyclic amines) is 1. The Bertz CT molecular complexity index is 561. The third-order valence-electron chi connectivity index (χ3n) is 5.55. The van der Waals surface area contributed by atoms with Crippen molar-refractivity contribution in [2.24, 2.45) is 11.3 Å². The predicted octanol–water partition coefficient (Wildman–Crippen LogP) is 1.59. The number of ether oxygens (including phenoxy) is 1. The maximum atomic E-state index is 12.9. The van der Waals surface area contributed by atoms with Crippen LogP contribution in [0.3, 0.4) is 0 Å². The molecule has 2 aliphatic heterocycles. The summed E-state index contributed by atoms with van der Waals surface area (Å²) in [6, 6.07) is 4.11. The Kier molecular flexibility index (Phi) is 4.07. The van der Waals surface area contributed by atoms with Crippen molar-refractivity contribution in [3.8, 4) is 0 Å². The molecule has 4 rings (SSSR count). The van der Waals surface area contributed by atoms with Gasteiger partial charge in [-0.2, -0.15) is 0 Å². The van der Waals surface area contributed by atoms with E-state index in [0.29, 0.717) is 12.5 Å². The van der Waals surface area contributed by atoms with E-state index in [1.807, 2.05) is 12.4 Å². The molecule has 5 nitrogen and oxygen atoms in total. The van der Waals surface area contributed by atoms with Gasteiger partial charge in [-0.05, 0) is 49.3 Å². The van der Waals surface area contributed by atoms with Crippen LogP contribution in [0.4, 0.5) is 0 Å². The fraction of sp³-hybridized carbons (Fsp3) is 0.667. The third-order valence-corrected chi connectivity index (χ3v) is 5.55. The summed E-state index contributed by atoms with van der Waals surface area (Å²) in [5.41, 5.74) is 0.908. The van der Waals surface area contributed by atoms with E-state index in [4.69, 9.17) is 4.74 Å². The molecule has 0 bridgehead atoms. The maximum Gasteiger partial charge on any atom is 0.230 e. The van der Waals surface area contributed by atoms with Crippen molar-refractivity contribution < 1.29 is 9.53 Å². The van der Waals surface area contributed by atoms with Crippen molar-refractivity contribution in [3.05, 3.63) is 30.1 Å². The molecule has 3 aliphatic rings. The first-order valence-electron chi connectivity index (χ1n) is 8.77. The van der Waals surface area contributed by atoms with Gasteiger partial charge in [-0.1, -0.05) is 0 Å². The lowest BCUT2D eigenvalue weighted by Crippen LogP contribution is -2.57. The van der Waals surface area contributed by atoms with Crippen LogP contribution in [-0.2, 0) is 16.1 Å². The monoisotopic (exact) mass is 315 g/mol. The lowest BCUT2D eigenvalue weighted by Gasteiger charge is -2.42. The van der Waals surface area contributed by atoms with E-state index in [0.717, 1.165) is 39.0 Å². The van der Waals surface area contributed by atoms with Crippen LogP contribution in [0.1, 0.15) is 31.2 Å². The van der Waals surface area contributed by atoms with Gasteiger partial charge >= 0.3 is 0 Å². The number of hydrogen-bond acceptors (Lipinski definition) is 4. The molecule has 124 valence electrons. The minimum absolute atomic E-state index is 0.0930. The van der Waals surface area contributed by atoms with Gasteiger partial charge in [0.1, 0.15) is 0 Å². The Balaban J connectivity index is 1.45. The van der Waals surface area contributed by atoms with Crippen LogP contribution in [0, 0.1) is 11.3 Å². The molecule has 0 unspecified atom stereocenters. The number of nitrogens with one attached hydrogen (secondary N) is 1. The highest BCUT2D eigenvalue weighted by atomic mass is 16.5. The van der Waals surface area contributed by atoms with Crippen LogP contribution in [0.2, 0.25) is 0 Å². The van der Waals surface area contributed by atoms with Gasteiger partial charge in [0.15, 0.2) is 0 Å². The van der Waals surface area contributed by atoms with E-state index >= 15 is 0 Å². The Labute approximate surface area is 137 Å². The molecule has 2 atom stereocenters. The molecule has 0 aromatic carbocycles. The average molecular weight is 315 g/mol. The molecular weight excluding hydrogens is 290 g/mol. The summed E-state index contributed by atoms with van der Waals surface area (Å²) in [6.07, 6.45) is 8.08. The minimum atomic E-state index is -0.347.